The SMILES string of the molecule is CCNc1nc(NCCCN2CCCC2)c2ccsc2n1. The summed E-state index contributed by atoms with van der Waals surface area (Å²) in [7, 11) is 0. The molecule has 3 heterocycles. The van der Waals surface area contributed by atoms with Crippen LogP contribution in [0, 0.1) is 0 Å². The van der Waals surface area contributed by atoms with E-state index < -0.39 is 0 Å². The van der Waals surface area contributed by atoms with Crippen LogP contribution in [0.2, 0.25) is 0 Å². The molecule has 0 atom stereocenters. The average molecular weight is 305 g/mol. The van der Waals surface area contributed by atoms with Gasteiger partial charge in [-0.2, -0.15) is 4.98 Å². The van der Waals surface area contributed by atoms with E-state index in [9.17, 15) is 0 Å². The lowest BCUT2D eigenvalue weighted by atomic mass is 10.3. The molecule has 2 N–H and O–H groups in total. The van der Waals surface area contributed by atoms with Crippen molar-refractivity contribution in [3.05, 3.63) is 11.4 Å². The van der Waals surface area contributed by atoms with Crippen molar-refractivity contribution in [3.8, 4) is 0 Å². The summed E-state index contributed by atoms with van der Waals surface area (Å²) in [5.41, 5.74) is 0. The summed E-state index contributed by atoms with van der Waals surface area (Å²) in [4.78, 5) is 12.7. The highest BCUT2D eigenvalue weighted by atomic mass is 32.1. The van der Waals surface area contributed by atoms with Crippen LogP contribution in [0.15, 0.2) is 11.4 Å². The molecular weight excluding hydrogens is 282 g/mol. The van der Waals surface area contributed by atoms with E-state index in [0.29, 0.717) is 0 Å². The lowest BCUT2D eigenvalue weighted by Crippen LogP contribution is -2.22. The lowest BCUT2D eigenvalue weighted by Gasteiger charge is -2.15. The molecule has 3 rings (SSSR count). The van der Waals surface area contributed by atoms with Gasteiger partial charge < -0.3 is 15.5 Å². The third-order valence-electron chi connectivity index (χ3n) is 3.80. The van der Waals surface area contributed by atoms with Gasteiger partial charge in [0.2, 0.25) is 5.95 Å². The summed E-state index contributed by atoms with van der Waals surface area (Å²) in [6, 6.07) is 2.10. The summed E-state index contributed by atoms with van der Waals surface area (Å²) in [5.74, 6) is 1.67. The van der Waals surface area contributed by atoms with E-state index in [-0.39, 0.29) is 0 Å². The fourth-order valence-corrected chi connectivity index (χ4v) is 3.51. The Kier molecular flexibility index (Phi) is 4.87. The molecular formula is C15H23N5S. The van der Waals surface area contributed by atoms with Crippen LogP contribution in [-0.4, -0.2) is 47.6 Å². The maximum Gasteiger partial charge on any atom is 0.226 e. The van der Waals surface area contributed by atoms with Crippen molar-refractivity contribution >= 4 is 33.3 Å². The van der Waals surface area contributed by atoms with Crippen LogP contribution >= 0.6 is 11.3 Å². The summed E-state index contributed by atoms with van der Waals surface area (Å²) >= 11 is 1.66. The molecule has 0 amide bonds. The predicted octanol–water partition coefficient (Wildman–Crippen LogP) is 3.02. The largest absolute Gasteiger partial charge is 0.369 e. The van der Waals surface area contributed by atoms with Crippen molar-refractivity contribution in [2.45, 2.75) is 26.2 Å². The Hall–Kier alpha value is -1.40. The molecule has 0 spiro atoms. The van der Waals surface area contributed by atoms with E-state index in [1.54, 1.807) is 11.3 Å². The monoisotopic (exact) mass is 305 g/mol. The first-order chi connectivity index (χ1) is 10.4. The van der Waals surface area contributed by atoms with Gasteiger partial charge in [0, 0.05) is 13.1 Å². The first-order valence-electron chi connectivity index (χ1n) is 7.82. The minimum Gasteiger partial charge on any atom is -0.369 e. The van der Waals surface area contributed by atoms with Crippen molar-refractivity contribution in [3.63, 3.8) is 0 Å². The zero-order chi connectivity index (χ0) is 14.5. The molecule has 1 aliphatic rings. The Labute approximate surface area is 129 Å². The third-order valence-corrected chi connectivity index (χ3v) is 4.61. The quantitative estimate of drug-likeness (QED) is 0.770. The van der Waals surface area contributed by atoms with E-state index in [2.05, 4.69) is 43.9 Å². The summed E-state index contributed by atoms with van der Waals surface area (Å²) < 4.78 is 0. The van der Waals surface area contributed by atoms with E-state index in [4.69, 9.17) is 0 Å². The van der Waals surface area contributed by atoms with Gasteiger partial charge in [0.1, 0.15) is 10.6 Å². The minimum atomic E-state index is 0.717. The smallest absolute Gasteiger partial charge is 0.226 e. The predicted molar refractivity (Wildman–Crippen MR) is 90.4 cm³/mol. The van der Waals surface area contributed by atoms with Crippen molar-refractivity contribution in [1.29, 1.82) is 0 Å². The van der Waals surface area contributed by atoms with Crippen molar-refractivity contribution in [2.75, 3.05) is 43.4 Å². The molecule has 0 aromatic carbocycles. The van der Waals surface area contributed by atoms with Gasteiger partial charge in [0.15, 0.2) is 0 Å². The van der Waals surface area contributed by atoms with Crippen LogP contribution in [-0.2, 0) is 0 Å². The Bertz CT molecular complexity index is 576. The van der Waals surface area contributed by atoms with Gasteiger partial charge in [0.05, 0.1) is 5.39 Å². The molecule has 21 heavy (non-hydrogen) atoms. The minimum absolute atomic E-state index is 0.717. The Morgan fingerprint density at radius 1 is 1.24 bits per heavy atom. The molecule has 0 unspecified atom stereocenters. The number of rotatable bonds is 7. The van der Waals surface area contributed by atoms with Crippen LogP contribution in [0.5, 0.6) is 0 Å². The fraction of sp³-hybridized carbons (Fsp3) is 0.600. The number of anilines is 2. The molecule has 0 saturated carbocycles. The van der Waals surface area contributed by atoms with E-state index in [1.165, 1.54) is 32.5 Å². The molecule has 0 radical (unpaired) electrons. The fourth-order valence-electron chi connectivity index (χ4n) is 2.74. The number of thiophene rings is 1. The average Bonchev–Trinajstić information content (AvgIpc) is 3.14. The standard InChI is InChI=1S/C15H23N5S/c1-2-16-15-18-13(12-6-11-21-14(12)19-15)17-7-5-10-20-8-3-4-9-20/h6,11H,2-5,7-10H2,1H3,(H2,16,17,18,19). The maximum absolute atomic E-state index is 4.59. The normalized spacial score (nSPS) is 15.7. The van der Waals surface area contributed by atoms with Crippen molar-refractivity contribution in [1.82, 2.24) is 14.9 Å². The summed E-state index contributed by atoms with van der Waals surface area (Å²) in [6.07, 6.45) is 3.88. The van der Waals surface area contributed by atoms with Crippen LogP contribution in [0.3, 0.4) is 0 Å². The van der Waals surface area contributed by atoms with Crippen molar-refractivity contribution in [2.24, 2.45) is 0 Å². The highest BCUT2D eigenvalue weighted by Gasteiger charge is 2.11. The Balaban J connectivity index is 1.60. The van der Waals surface area contributed by atoms with Crippen LogP contribution in [0.4, 0.5) is 11.8 Å². The van der Waals surface area contributed by atoms with Gasteiger partial charge in [0.25, 0.3) is 0 Å². The van der Waals surface area contributed by atoms with Gasteiger partial charge >= 0.3 is 0 Å². The number of fused-ring (bicyclic) bond motifs is 1. The number of hydrogen-bond acceptors (Lipinski definition) is 6. The molecule has 114 valence electrons. The summed E-state index contributed by atoms with van der Waals surface area (Å²) in [5, 5.41) is 9.89. The van der Waals surface area contributed by atoms with E-state index in [1.807, 2.05) is 0 Å². The number of likely N-dealkylation sites (tertiary alicyclic amines) is 1. The van der Waals surface area contributed by atoms with Gasteiger partial charge in [-0.25, -0.2) is 4.98 Å². The molecule has 6 heteroatoms. The van der Waals surface area contributed by atoms with Gasteiger partial charge in [-0.05, 0) is 57.3 Å². The number of hydrogen-bond donors (Lipinski definition) is 2. The van der Waals surface area contributed by atoms with E-state index in [0.717, 1.165) is 41.5 Å². The highest BCUT2D eigenvalue weighted by Crippen LogP contribution is 2.26. The maximum atomic E-state index is 4.59. The van der Waals surface area contributed by atoms with Crippen LogP contribution < -0.4 is 10.6 Å². The first-order valence-corrected chi connectivity index (χ1v) is 8.70. The topological polar surface area (TPSA) is 53.1 Å². The zero-order valence-electron chi connectivity index (χ0n) is 12.6. The number of aromatic nitrogens is 2. The number of nitrogens with zero attached hydrogens (tertiary/aromatic N) is 3. The summed E-state index contributed by atoms with van der Waals surface area (Å²) in [6.45, 7) is 7.59. The highest BCUT2D eigenvalue weighted by molar-refractivity contribution is 7.16. The van der Waals surface area contributed by atoms with Gasteiger partial charge in [-0.1, -0.05) is 0 Å². The second-order valence-electron chi connectivity index (χ2n) is 5.39. The number of nitrogens with one attached hydrogen (secondary N) is 2. The van der Waals surface area contributed by atoms with Gasteiger partial charge in [-0.15, -0.1) is 11.3 Å². The molecule has 2 aromatic rings. The molecule has 0 bridgehead atoms. The molecule has 1 fully saturated rings. The van der Waals surface area contributed by atoms with Crippen LogP contribution in [0.25, 0.3) is 10.2 Å². The second-order valence-corrected chi connectivity index (χ2v) is 6.29. The molecule has 1 aliphatic heterocycles. The first kappa shape index (κ1) is 14.5. The molecule has 2 aromatic heterocycles. The Morgan fingerprint density at radius 2 is 2.10 bits per heavy atom. The van der Waals surface area contributed by atoms with Gasteiger partial charge in [-0.3, -0.25) is 0 Å². The molecule has 1 saturated heterocycles. The zero-order valence-corrected chi connectivity index (χ0v) is 13.4. The molecule has 5 nitrogen and oxygen atoms in total. The van der Waals surface area contributed by atoms with Crippen LogP contribution in [0.1, 0.15) is 26.2 Å². The Morgan fingerprint density at radius 3 is 2.90 bits per heavy atom. The van der Waals surface area contributed by atoms with Crippen molar-refractivity contribution < 1.29 is 0 Å². The third kappa shape index (κ3) is 3.63. The second kappa shape index (κ2) is 7.04. The van der Waals surface area contributed by atoms with E-state index >= 15 is 0 Å². The lowest BCUT2D eigenvalue weighted by molar-refractivity contribution is 0.337. The molecule has 0 aliphatic carbocycles.